The van der Waals surface area contributed by atoms with Crippen molar-refractivity contribution in [1.29, 1.82) is 0 Å². The van der Waals surface area contributed by atoms with Crippen LogP contribution in [0.5, 0.6) is 5.75 Å². The molecule has 0 amide bonds. The van der Waals surface area contributed by atoms with Gasteiger partial charge in [-0.25, -0.2) is 23.1 Å². The molecule has 26 heavy (non-hydrogen) atoms. The lowest BCUT2D eigenvalue weighted by Gasteiger charge is -2.16. The number of ether oxygens (including phenoxy) is 1. The Labute approximate surface area is 158 Å². The summed E-state index contributed by atoms with van der Waals surface area (Å²) in [5, 5.41) is 0.240. The topological polar surface area (TPSA) is 84.4 Å². The smallest absolute Gasteiger partial charge is 0.240 e. The third-order valence-corrected chi connectivity index (χ3v) is 5.86. The highest BCUT2D eigenvalue weighted by Gasteiger charge is 2.18. The first-order valence-electron chi connectivity index (χ1n) is 8.32. The van der Waals surface area contributed by atoms with Crippen molar-refractivity contribution < 1.29 is 13.2 Å². The number of sulfonamides is 1. The second kappa shape index (κ2) is 7.77. The summed E-state index contributed by atoms with van der Waals surface area (Å²) < 4.78 is 32.7. The van der Waals surface area contributed by atoms with Gasteiger partial charge < -0.3 is 9.64 Å². The largest absolute Gasteiger partial charge is 0.495 e. The molecule has 3 rings (SSSR count). The maximum atomic E-state index is 12.5. The molecule has 1 aromatic heterocycles. The minimum Gasteiger partial charge on any atom is -0.495 e. The van der Waals surface area contributed by atoms with Gasteiger partial charge in [-0.2, -0.15) is 0 Å². The molecule has 0 saturated carbocycles. The van der Waals surface area contributed by atoms with E-state index in [2.05, 4.69) is 19.6 Å². The number of hydrogen-bond acceptors (Lipinski definition) is 6. The fraction of sp³-hybridized carbons (Fsp3) is 0.412. The highest BCUT2D eigenvalue weighted by Crippen LogP contribution is 2.27. The molecule has 0 atom stereocenters. The van der Waals surface area contributed by atoms with E-state index in [4.69, 9.17) is 16.3 Å². The Morgan fingerprint density at radius 2 is 1.96 bits per heavy atom. The lowest BCUT2D eigenvalue weighted by atomic mass is 10.3. The molecule has 0 bridgehead atoms. The minimum absolute atomic E-state index is 0.0776. The van der Waals surface area contributed by atoms with Gasteiger partial charge in [0.15, 0.2) is 0 Å². The van der Waals surface area contributed by atoms with Crippen molar-refractivity contribution in [3.05, 3.63) is 40.7 Å². The van der Waals surface area contributed by atoms with E-state index in [1.54, 1.807) is 6.07 Å². The molecule has 2 aromatic rings. The molecule has 1 aliphatic rings. The van der Waals surface area contributed by atoms with Gasteiger partial charge in [0.05, 0.1) is 29.3 Å². The number of halogens is 1. The van der Waals surface area contributed by atoms with Gasteiger partial charge in [-0.1, -0.05) is 11.6 Å². The summed E-state index contributed by atoms with van der Waals surface area (Å²) in [4.78, 5) is 11.2. The van der Waals surface area contributed by atoms with Crippen LogP contribution in [-0.2, 0) is 16.6 Å². The highest BCUT2D eigenvalue weighted by atomic mass is 35.5. The van der Waals surface area contributed by atoms with Crippen molar-refractivity contribution in [3.63, 3.8) is 0 Å². The van der Waals surface area contributed by atoms with Gasteiger partial charge in [-0.3, -0.25) is 0 Å². The zero-order chi connectivity index (χ0) is 18.7. The van der Waals surface area contributed by atoms with Crippen molar-refractivity contribution in [2.24, 2.45) is 0 Å². The number of methoxy groups -OCH3 is 1. The van der Waals surface area contributed by atoms with Gasteiger partial charge in [0.1, 0.15) is 5.75 Å². The molecule has 2 heterocycles. The van der Waals surface area contributed by atoms with E-state index in [9.17, 15) is 8.42 Å². The first-order chi connectivity index (χ1) is 12.4. The maximum absolute atomic E-state index is 12.5. The molecule has 1 aromatic carbocycles. The minimum atomic E-state index is -3.71. The summed E-state index contributed by atoms with van der Waals surface area (Å²) in [6.45, 7) is 3.82. The number of nitrogens with one attached hydrogen (secondary N) is 1. The Kier molecular flexibility index (Phi) is 5.64. The molecular formula is C17H21ClN4O3S. The predicted octanol–water partition coefficient (Wildman–Crippen LogP) is 2.53. The Morgan fingerprint density at radius 3 is 2.62 bits per heavy atom. The monoisotopic (exact) mass is 396 g/mol. The third kappa shape index (κ3) is 4.25. The fourth-order valence-corrected chi connectivity index (χ4v) is 4.18. The van der Waals surface area contributed by atoms with Crippen LogP contribution in [0.25, 0.3) is 0 Å². The molecule has 0 aliphatic carbocycles. The third-order valence-electron chi connectivity index (χ3n) is 4.16. The lowest BCUT2D eigenvalue weighted by Crippen LogP contribution is -2.25. The molecule has 1 saturated heterocycles. The van der Waals surface area contributed by atoms with Crippen molar-refractivity contribution in [2.75, 3.05) is 25.1 Å². The van der Waals surface area contributed by atoms with Crippen LogP contribution >= 0.6 is 11.6 Å². The van der Waals surface area contributed by atoms with E-state index in [0.717, 1.165) is 31.6 Å². The van der Waals surface area contributed by atoms with Crippen LogP contribution < -0.4 is 14.4 Å². The van der Waals surface area contributed by atoms with Gasteiger partial charge in [-0.05, 0) is 44.0 Å². The van der Waals surface area contributed by atoms with Crippen molar-refractivity contribution >= 4 is 27.6 Å². The Bertz CT molecular complexity index is 899. The van der Waals surface area contributed by atoms with Crippen LogP contribution in [-0.4, -0.2) is 38.6 Å². The number of rotatable bonds is 6. The Morgan fingerprint density at radius 1 is 1.23 bits per heavy atom. The normalized spacial score (nSPS) is 14.7. The standard InChI is InChI=1S/C17H21ClN4O3S/c1-12-9-13(21-17(20-12)22-7-3-4-8-22)11-19-26(23,24)14-5-6-16(25-2)15(18)10-14/h5-6,9-10,19H,3-4,7-8,11H2,1-2H3. The first kappa shape index (κ1) is 18.9. The molecule has 140 valence electrons. The van der Waals surface area contributed by atoms with E-state index in [1.165, 1.54) is 25.3 Å². The SMILES string of the molecule is COc1ccc(S(=O)(=O)NCc2cc(C)nc(N3CCCC3)n2)cc1Cl. The lowest BCUT2D eigenvalue weighted by molar-refractivity contribution is 0.414. The average molecular weight is 397 g/mol. The highest BCUT2D eigenvalue weighted by molar-refractivity contribution is 7.89. The zero-order valence-electron chi connectivity index (χ0n) is 14.7. The quantitative estimate of drug-likeness (QED) is 0.807. The fourth-order valence-electron chi connectivity index (χ4n) is 2.83. The van der Waals surface area contributed by atoms with Gasteiger partial charge in [0, 0.05) is 18.8 Å². The van der Waals surface area contributed by atoms with Gasteiger partial charge in [0.25, 0.3) is 0 Å². The first-order valence-corrected chi connectivity index (χ1v) is 10.2. The molecule has 7 nitrogen and oxygen atoms in total. The number of aromatic nitrogens is 2. The summed E-state index contributed by atoms with van der Waals surface area (Å²) in [5.41, 5.74) is 1.44. The molecule has 1 fully saturated rings. The van der Waals surface area contributed by atoms with Crippen molar-refractivity contribution in [1.82, 2.24) is 14.7 Å². The molecular weight excluding hydrogens is 376 g/mol. The summed E-state index contributed by atoms with van der Waals surface area (Å²) in [6.07, 6.45) is 2.25. The van der Waals surface area contributed by atoms with Crippen LogP contribution in [0.4, 0.5) is 5.95 Å². The average Bonchev–Trinajstić information content (AvgIpc) is 3.14. The number of aryl methyl sites for hydroxylation is 1. The Hall–Kier alpha value is -1.90. The summed E-state index contributed by atoms with van der Waals surface area (Å²) in [5.74, 6) is 1.08. The maximum Gasteiger partial charge on any atom is 0.240 e. The molecule has 0 radical (unpaired) electrons. The van der Waals surface area contributed by atoms with Crippen LogP contribution in [0.15, 0.2) is 29.2 Å². The number of nitrogens with zero attached hydrogens (tertiary/aromatic N) is 3. The summed E-state index contributed by atoms with van der Waals surface area (Å²) in [6, 6.07) is 6.12. The number of anilines is 1. The van der Waals surface area contributed by atoms with Gasteiger partial charge in [0.2, 0.25) is 16.0 Å². The zero-order valence-corrected chi connectivity index (χ0v) is 16.3. The second-order valence-electron chi connectivity index (χ2n) is 6.12. The van der Waals surface area contributed by atoms with Crippen molar-refractivity contribution in [2.45, 2.75) is 31.2 Å². The van der Waals surface area contributed by atoms with E-state index < -0.39 is 10.0 Å². The second-order valence-corrected chi connectivity index (χ2v) is 8.29. The van der Waals surface area contributed by atoms with E-state index in [0.29, 0.717) is 17.4 Å². The van der Waals surface area contributed by atoms with E-state index in [1.807, 2.05) is 6.92 Å². The van der Waals surface area contributed by atoms with Crippen LogP contribution in [0, 0.1) is 6.92 Å². The van der Waals surface area contributed by atoms with Crippen LogP contribution in [0.3, 0.4) is 0 Å². The van der Waals surface area contributed by atoms with E-state index in [-0.39, 0.29) is 16.5 Å². The van der Waals surface area contributed by atoms with Crippen LogP contribution in [0.1, 0.15) is 24.2 Å². The molecule has 0 spiro atoms. The molecule has 0 unspecified atom stereocenters. The number of hydrogen-bond donors (Lipinski definition) is 1. The predicted molar refractivity (Wildman–Crippen MR) is 100 cm³/mol. The molecule has 1 aliphatic heterocycles. The molecule has 9 heteroatoms. The van der Waals surface area contributed by atoms with Gasteiger partial charge >= 0.3 is 0 Å². The van der Waals surface area contributed by atoms with Crippen molar-refractivity contribution in [3.8, 4) is 5.75 Å². The van der Waals surface area contributed by atoms with E-state index >= 15 is 0 Å². The summed E-state index contributed by atoms with van der Waals surface area (Å²) in [7, 11) is -2.24. The van der Waals surface area contributed by atoms with Gasteiger partial charge in [-0.15, -0.1) is 0 Å². The van der Waals surface area contributed by atoms with Crippen LogP contribution in [0.2, 0.25) is 5.02 Å². The number of benzene rings is 1. The molecule has 1 N–H and O–H groups in total. The Balaban J connectivity index is 1.76. The summed E-state index contributed by atoms with van der Waals surface area (Å²) >= 11 is 6.02.